The van der Waals surface area contributed by atoms with Crippen molar-refractivity contribution in [2.45, 2.75) is 24.7 Å². The smallest absolute Gasteiger partial charge is 0.376 e. The molecule has 186 valence electrons. The Labute approximate surface area is 206 Å². The molecule has 0 saturated carbocycles. The minimum absolute atomic E-state index is 0.0378. The van der Waals surface area contributed by atoms with Crippen molar-refractivity contribution in [3.63, 3.8) is 0 Å². The van der Waals surface area contributed by atoms with Crippen molar-refractivity contribution in [1.29, 1.82) is 0 Å². The second kappa shape index (κ2) is 9.36. The van der Waals surface area contributed by atoms with Gasteiger partial charge in [-0.3, -0.25) is 14.9 Å². The van der Waals surface area contributed by atoms with E-state index in [0.717, 1.165) is 36.5 Å². The van der Waals surface area contributed by atoms with Gasteiger partial charge in [0, 0.05) is 41.4 Å². The van der Waals surface area contributed by atoms with E-state index in [1.807, 2.05) is 0 Å². The van der Waals surface area contributed by atoms with Crippen LogP contribution in [0.1, 0.15) is 27.9 Å². The third-order valence-electron chi connectivity index (χ3n) is 5.83. The number of nitro benzene ring substituents is 1. The number of alkyl halides is 3. The SMILES string of the molecule is O=C(CC(O)(c1cn(Cc2ccccc2)c2cc([N+](=O)[O-])ccc12)C(F)(F)F)c1cc(F)ccc1Cl. The van der Waals surface area contributed by atoms with E-state index in [4.69, 9.17) is 11.6 Å². The molecule has 0 aliphatic carbocycles. The monoisotopic (exact) mass is 520 g/mol. The van der Waals surface area contributed by atoms with Crippen LogP contribution >= 0.6 is 11.6 Å². The summed E-state index contributed by atoms with van der Waals surface area (Å²) in [6.45, 7) is 0.0378. The number of nitrogens with zero attached hydrogens (tertiary/aromatic N) is 2. The second-order valence-electron chi connectivity index (χ2n) is 8.20. The molecule has 0 aliphatic rings. The molecule has 0 spiro atoms. The molecular formula is C25H17ClF4N2O4. The molecule has 1 atom stereocenters. The number of fused-ring (bicyclic) bond motifs is 1. The number of rotatable bonds is 7. The van der Waals surface area contributed by atoms with Crippen molar-refractivity contribution in [3.8, 4) is 0 Å². The van der Waals surface area contributed by atoms with Gasteiger partial charge in [-0.25, -0.2) is 4.39 Å². The van der Waals surface area contributed by atoms with Gasteiger partial charge in [0.05, 0.1) is 21.9 Å². The second-order valence-corrected chi connectivity index (χ2v) is 8.60. The Bertz CT molecular complexity index is 1470. The third kappa shape index (κ3) is 4.69. The highest BCUT2D eigenvalue weighted by Crippen LogP contribution is 2.46. The van der Waals surface area contributed by atoms with Crippen molar-refractivity contribution >= 4 is 34.0 Å². The zero-order chi connectivity index (χ0) is 26.3. The third-order valence-corrected chi connectivity index (χ3v) is 6.16. The Kier molecular flexibility index (Phi) is 6.59. The normalized spacial score (nSPS) is 13.5. The Hall–Kier alpha value is -3.76. The highest BCUT2D eigenvalue weighted by molar-refractivity contribution is 6.34. The predicted octanol–water partition coefficient (Wildman–Crippen LogP) is 6.41. The van der Waals surface area contributed by atoms with Crippen LogP contribution in [0, 0.1) is 15.9 Å². The lowest BCUT2D eigenvalue weighted by atomic mass is 9.86. The van der Waals surface area contributed by atoms with Crippen LogP contribution < -0.4 is 0 Å². The molecule has 0 aliphatic heterocycles. The quantitative estimate of drug-likeness (QED) is 0.132. The van der Waals surface area contributed by atoms with Gasteiger partial charge in [0.15, 0.2) is 11.4 Å². The summed E-state index contributed by atoms with van der Waals surface area (Å²) in [5.74, 6) is -2.12. The number of carbonyl (C=O) groups excluding carboxylic acids is 1. The highest BCUT2D eigenvalue weighted by Gasteiger charge is 2.57. The summed E-state index contributed by atoms with van der Waals surface area (Å²) in [5, 5.41) is 22.0. The zero-order valence-corrected chi connectivity index (χ0v) is 19.1. The summed E-state index contributed by atoms with van der Waals surface area (Å²) in [7, 11) is 0. The molecule has 0 bridgehead atoms. The van der Waals surface area contributed by atoms with Crippen molar-refractivity contribution < 1.29 is 32.4 Å². The van der Waals surface area contributed by atoms with Gasteiger partial charge in [-0.05, 0) is 29.8 Å². The largest absolute Gasteiger partial charge is 0.421 e. The molecule has 4 aromatic rings. The Balaban J connectivity index is 1.89. The van der Waals surface area contributed by atoms with Crippen LogP contribution in [0.15, 0.2) is 72.9 Å². The van der Waals surface area contributed by atoms with Crippen molar-refractivity contribution in [3.05, 3.63) is 111 Å². The highest BCUT2D eigenvalue weighted by atomic mass is 35.5. The lowest BCUT2D eigenvalue weighted by molar-refractivity contribution is -0.384. The summed E-state index contributed by atoms with van der Waals surface area (Å²) < 4.78 is 58.2. The Morgan fingerprint density at radius 2 is 1.75 bits per heavy atom. The molecule has 11 heteroatoms. The number of hydrogen-bond donors (Lipinski definition) is 1. The van der Waals surface area contributed by atoms with Crippen molar-refractivity contribution in [2.75, 3.05) is 0 Å². The molecule has 1 N–H and O–H groups in total. The molecule has 4 rings (SSSR count). The van der Waals surface area contributed by atoms with E-state index in [9.17, 15) is 37.6 Å². The van der Waals surface area contributed by atoms with Gasteiger partial charge in [0.25, 0.3) is 5.69 Å². The van der Waals surface area contributed by atoms with E-state index in [1.54, 1.807) is 30.3 Å². The number of ketones is 1. The fraction of sp³-hybridized carbons (Fsp3) is 0.160. The number of hydrogen-bond acceptors (Lipinski definition) is 4. The molecule has 1 unspecified atom stereocenters. The zero-order valence-electron chi connectivity index (χ0n) is 18.3. The molecule has 0 radical (unpaired) electrons. The summed E-state index contributed by atoms with van der Waals surface area (Å²) >= 11 is 5.90. The number of Topliss-reactive ketones (excluding diaryl/α,β-unsaturated/α-hetero) is 1. The number of carbonyl (C=O) groups is 1. The van der Waals surface area contributed by atoms with E-state index in [-0.39, 0.29) is 28.2 Å². The lowest BCUT2D eigenvalue weighted by Crippen LogP contribution is -2.44. The van der Waals surface area contributed by atoms with Gasteiger partial charge in [-0.15, -0.1) is 0 Å². The molecular weight excluding hydrogens is 504 g/mol. The van der Waals surface area contributed by atoms with Gasteiger partial charge in [0.2, 0.25) is 0 Å². The van der Waals surface area contributed by atoms with Crippen LogP contribution in [0.2, 0.25) is 5.02 Å². The summed E-state index contributed by atoms with van der Waals surface area (Å²) in [5.41, 5.74) is -4.50. The molecule has 0 fully saturated rings. The van der Waals surface area contributed by atoms with E-state index < -0.39 is 45.8 Å². The van der Waals surface area contributed by atoms with E-state index in [0.29, 0.717) is 11.6 Å². The summed E-state index contributed by atoms with van der Waals surface area (Å²) in [6, 6.07) is 14.5. The lowest BCUT2D eigenvalue weighted by Gasteiger charge is -2.30. The maximum Gasteiger partial charge on any atom is 0.421 e. The van der Waals surface area contributed by atoms with Crippen LogP contribution in [0.4, 0.5) is 23.2 Å². The number of halogens is 5. The molecule has 0 amide bonds. The van der Waals surface area contributed by atoms with E-state index in [1.165, 1.54) is 4.57 Å². The molecule has 3 aromatic carbocycles. The number of aromatic nitrogens is 1. The first kappa shape index (κ1) is 25.3. The average Bonchev–Trinajstić information content (AvgIpc) is 3.18. The minimum Gasteiger partial charge on any atom is -0.376 e. The van der Waals surface area contributed by atoms with Gasteiger partial charge in [0.1, 0.15) is 5.82 Å². The average molecular weight is 521 g/mol. The molecule has 6 nitrogen and oxygen atoms in total. The fourth-order valence-electron chi connectivity index (χ4n) is 4.02. The van der Waals surface area contributed by atoms with Crippen molar-refractivity contribution in [1.82, 2.24) is 4.57 Å². The van der Waals surface area contributed by atoms with Gasteiger partial charge in [-0.1, -0.05) is 41.9 Å². The molecule has 1 heterocycles. The van der Waals surface area contributed by atoms with E-state index in [2.05, 4.69) is 0 Å². The fourth-order valence-corrected chi connectivity index (χ4v) is 4.24. The number of benzene rings is 3. The number of aliphatic hydroxyl groups is 1. The Morgan fingerprint density at radius 1 is 1.06 bits per heavy atom. The van der Waals surface area contributed by atoms with Crippen LogP contribution in [0.25, 0.3) is 10.9 Å². The first-order chi connectivity index (χ1) is 16.9. The van der Waals surface area contributed by atoms with Gasteiger partial charge in [-0.2, -0.15) is 13.2 Å². The maximum absolute atomic E-state index is 14.4. The first-order valence-electron chi connectivity index (χ1n) is 10.5. The molecule has 1 aromatic heterocycles. The van der Waals surface area contributed by atoms with Crippen LogP contribution in [0.3, 0.4) is 0 Å². The minimum atomic E-state index is -5.34. The van der Waals surface area contributed by atoms with Crippen LogP contribution in [-0.4, -0.2) is 26.6 Å². The molecule has 0 saturated heterocycles. The number of non-ortho nitro benzene ring substituents is 1. The van der Waals surface area contributed by atoms with E-state index >= 15 is 0 Å². The summed E-state index contributed by atoms with van der Waals surface area (Å²) in [4.78, 5) is 23.5. The standard InChI is InChI=1S/C25H17ClF4N2O4/c26-21-9-6-16(27)10-19(21)23(33)12-24(34,25(28,29)30)20-14-31(13-15-4-2-1-3-5-15)22-11-17(32(35)36)7-8-18(20)22/h1-11,14,34H,12-13H2. The Morgan fingerprint density at radius 3 is 2.39 bits per heavy atom. The van der Waals surface area contributed by atoms with Gasteiger partial charge < -0.3 is 9.67 Å². The van der Waals surface area contributed by atoms with Gasteiger partial charge >= 0.3 is 6.18 Å². The van der Waals surface area contributed by atoms with Crippen molar-refractivity contribution in [2.24, 2.45) is 0 Å². The first-order valence-corrected chi connectivity index (χ1v) is 10.9. The predicted molar refractivity (Wildman–Crippen MR) is 124 cm³/mol. The van der Waals surface area contributed by atoms with Crippen LogP contribution in [0.5, 0.6) is 0 Å². The topological polar surface area (TPSA) is 85.4 Å². The van der Waals surface area contributed by atoms with Crippen LogP contribution in [-0.2, 0) is 12.1 Å². The number of nitro groups is 1. The maximum atomic E-state index is 14.4. The summed E-state index contributed by atoms with van der Waals surface area (Å²) in [6.07, 6.45) is -5.80. The molecule has 36 heavy (non-hydrogen) atoms.